The summed E-state index contributed by atoms with van der Waals surface area (Å²) in [5, 5.41) is 13.5. The highest BCUT2D eigenvalue weighted by Crippen LogP contribution is 2.28. The van der Waals surface area contributed by atoms with Crippen molar-refractivity contribution in [2.75, 3.05) is 17.9 Å². The molecule has 0 saturated heterocycles. The second-order valence-electron chi connectivity index (χ2n) is 9.62. The minimum atomic E-state index is -4.04. The molecule has 0 aliphatic carbocycles. The van der Waals surface area contributed by atoms with E-state index in [9.17, 15) is 22.3 Å². The van der Waals surface area contributed by atoms with Crippen LogP contribution in [0.1, 0.15) is 37.5 Å². The monoisotopic (exact) mass is 594 g/mol. The number of aromatic nitrogens is 2. The van der Waals surface area contributed by atoms with E-state index in [1.165, 1.54) is 25.1 Å². The van der Waals surface area contributed by atoms with Gasteiger partial charge in [0.05, 0.1) is 23.7 Å². The SMILES string of the molecule is CC(C)OC[C@@H](Oc1cc(NS(=O)(=O)c2ccc3c(c2)CNCC3)nc(SCc2cccc(F)c2F)n1)[C@@H](C)O. The summed E-state index contributed by atoms with van der Waals surface area (Å²) >= 11 is 0.973. The van der Waals surface area contributed by atoms with Gasteiger partial charge in [-0.15, -0.1) is 0 Å². The third kappa shape index (κ3) is 7.88. The quantitative estimate of drug-likeness (QED) is 0.211. The first kappa shape index (κ1) is 30.1. The zero-order valence-corrected chi connectivity index (χ0v) is 24.0. The number of sulfonamides is 1. The molecule has 40 heavy (non-hydrogen) atoms. The summed E-state index contributed by atoms with van der Waals surface area (Å²) in [6.07, 6.45) is -1.05. The third-order valence-electron chi connectivity index (χ3n) is 6.09. The number of thioether (sulfide) groups is 1. The van der Waals surface area contributed by atoms with E-state index < -0.39 is 33.9 Å². The normalized spacial score (nSPS) is 15.0. The van der Waals surface area contributed by atoms with Gasteiger partial charge in [-0.2, -0.15) is 4.98 Å². The van der Waals surface area contributed by atoms with Crippen molar-refractivity contribution in [3.8, 4) is 5.88 Å². The number of aliphatic hydroxyl groups excluding tert-OH is 1. The lowest BCUT2D eigenvalue weighted by molar-refractivity contribution is -0.0360. The highest BCUT2D eigenvalue weighted by atomic mass is 32.2. The van der Waals surface area contributed by atoms with Crippen LogP contribution in [0.4, 0.5) is 14.6 Å². The van der Waals surface area contributed by atoms with Crippen LogP contribution in [0.3, 0.4) is 0 Å². The molecule has 0 amide bonds. The number of nitrogens with zero attached hydrogens (tertiary/aromatic N) is 2. The Morgan fingerprint density at radius 2 is 1.93 bits per heavy atom. The summed E-state index contributed by atoms with van der Waals surface area (Å²) in [5.41, 5.74) is 2.09. The van der Waals surface area contributed by atoms with Crippen molar-refractivity contribution in [3.05, 3.63) is 70.8 Å². The largest absolute Gasteiger partial charge is 0.469 e. The molecule has 1 aromatic heterocycles. The van der Waals surface area contributed by atoms with Gasteiger partial charge in [-0.1, -0.05) is 30.0 Å². The van der Waals surface area contributed by atoms with Crippen LogP contribution in [0.5, 0.6) is 5.88 Å². The molecule has 3 aromatic rings. The van der Waals surface area contributed by atoms with Gasteiger partial charge in [0.1, 0.15) is 11.9 Å². The molecule has 2 atom stereocenters. The molecule has 0 bridgehead atoms. The molecule has 0 radical (unpaired) electrons. The highest BCUT2D eigenvalue weighted by Gasteiger charge is 2.23. The molecule has 1 aliphatic rings. The van der Waals surface area contributed by atoms with Crippen molar-refractivity contribution in [1.82, 2.24) is 15.3 Å². The average Bonchev–Trinajstić information content (AvgIpc) is 2.91. The number of benzene rings is 2. The number of ether oxygens (including phenoxy) is 2. The molecule has 216 valence electrons. The molecule has 0 unspecified atom stereocenters. The molecular formula is C27H32F2N4O5S2. The summed E-state index contributed by atoms with van der Waals surface area (Å²) in [7, 11) is -4.04. The van der Waals surface area contributed by atoms with Gasteiger partial charge in [0.25, 0.3) is 10.0 Å². The third-order valence-corrected chi connectivity index (χ3v) is 8.34. The molecule has 1 aliphatic heterocycles. The minimum Gasteiger partial charge on any atom is -0.469 e. The highest BCUT2D eigenvalue weighted by molar-refractivity contribution is 7.98. The van der Waals surface area contributed by atoms with Gasteiger partial charge in [-0.05, 0) is 63.1 Å². The maximum Gasteiger partial charge on any atom is 0.263 e. The Morgan fingerprint density at radius 1 is 1.12 bits per heavy atom. The first-order chi connectivity index (χ1) is 19.0. The number of fused-ring (bicyclic) bond motifs is 1. The molecule has 2 aromatic carbocycles. The van der Waals surface area contributed by atoms with E-state index in [0.29, 0.717) is 6.54 Å². The summed E-state index contributed by atoms with van der Waals surface area (Å²) in [4.78, 5) is 8.67. The van der Waals surface area contributed by atoms with Crippen LogP contribution in [-0.2, 0) is 33.5 Å². The number of rotatable bonds is 12. The topological polar surface area (TPSA) is 123 Å². The van der Waals surface area contributed by atoms with E-state index in [-0.39, 0.29) is 45.8 Å². The van der Waals surface area contributed by atoms with Gasteiger partial charge in [0.2, 0.25) is 5.88 Å². The Balaban J connectivity index is 1.62. The minimum absolute atomic E-state index is 0.0205. The Morgan fingerprint density at radius 3 is 2.67 bits per heavy atom. The van der Waals surface area contributed by atoms with Gasteiger partial charge in [-0.25, -0.2) is 22.2 Å². The van der Waals surface area contributed by atoms with Crippen LogP contribution in [0, 0.1) is 11.6 Å². The number of nitrogens with one attached hydrogen (secondary N) is 2. The standard InChI is InChI=1S/C27H32F2N4O5S2/c1-16(2)37-14-23(17(3)34)38-25-12-24(31-27(32-25)39-15-19-5-4-6-22(28)26(19)29)33-40(35,36)21-8-7-18-9-10-30-13-20(18)11-21/h4-8,11-12,16-17,23,30,34H,9-10,13-15H2,1-3H3,(H,31,32,33)/t17-,23-/m1/s1. The number of anilines is 1. The predicted octanol–water partition coefficient (Wildman–Crippen LogP) is 4.05. The number of halogens is 2. The Labute approximate surface area is 236 Å². The Bertz CT molecular complexity index is 1440. The van der Waals surface area contributed by atoms with Gasteiger partial charge < -0.3 is 19.9 Å². The number of hydrogen-bond donors (Lipinski definition) is 3. The first-order valence-electron chi connectivity index (χ1n) is 12.8. The predicted molar refractivity (Wildman–Crippen MR) is 148 cm³/mol. The van der Waals surface area contributed by atoms with Crippen LogP contribution in [0.2, 0.25) is 0 Å². The lowest BCUT2D eigenvalue weighted by Crippen LogP contribution is -2.35. The fourth-order valence-corrected chi connectivity index (χ4v) is 5.79. The van der Waals surface area contributed by atoms with E-state index in [0.717, 1.165) is 41.9 Å². The van der Waals surface area contributed by atoms with Crippen molar-refractivity contribution in [2.24, 2.45) is 0 Å². The molecular weight excluding hydrogens is 562 g/mol. The average molecular weight is 595 g/mol. The summed E-state index contributed by atoms with van der Waals surface area (Å²) < 4.78 is 68.4. The van der Waals surface area contributed by atoms with Gasteiger partial charge in [-0.3, -0.25) is 4.72 Å². The lowest BCUT2D eigenvalue weighted by Gasteiger charge is -2.22. The van der Waals surface area contributed by atoms with E-state index in [1.54, 1.807) is 18.2 Å². The smallest absolute Gasteiger partial charge is 0.263 e. The van der Waals surface area contributed by atoms with Gasteiger partial charge in [0, 0.05) is 23.9 Å². The molecule has 2 heterocycles. The fraction of sp³-hybridized carbons (Fsp3) is 0.407. The molecule has 0 saturated carbocycles. The number of hydrogen-bond acceptors (Lipinski definition) is 9. The van der Waals surface area contributed by atoms with Crippen LogP contribution < -0.4 is 14.8 Å². The van der Waals surface area contributed by atoms with Gasteiger partial charge in [0.15, 0.2) is 16.8 Å². The van der Waals surface area contributed by atoms with Crippen LogP contribution in [-0.4, -0.2) is 55.0 Å². The molecule has 0 spiro atoms. The molecule has 0 fully saturated rings. The van der Waals surface area contributed by atoms with E-state index >= 15 is 0 Å². The fourth-order valence-electron chi connectivity index (χ4n) is 3.92. The molecule has 4 rings (SSSR count). The van der Waals surface area contributed by atoms with Crippen molar-refractivity contribution < 1.29 is 31.8 Å². The van der Waals surface area contributed by atoms with Crippen molar-refractivity contribution in [3.63, 3.8) is 0 Å². The van der Waals surface area contributed by atoms with E-state index in [2.05, 4.69) is 20.0 Å². The second kappa shape index (κ2) is 13.2. The second-order valence-corrected chi connectivity index (χ2v) is 12.2. The van der Waals surface area contributed by atoms with E-state index in [4.69, 9.17) is 9.47 Å². The van der Waals surface area contributed by atoms with Crippen molar-refractivity contribution in [1.29, 1.82) is 0 Å². The zero-order valence-electron chi connectivity index (χ0n) is 22.4. The maximum atomic E-state index is 14.2. The van der Waals surface area contributed by atoms with E-state index in [1.807, 2.05) is 13.8 Å². The van der Waals surface area contributed by atoms with Crippen LogP contribution in [0.15, 0.2) is 52.5 Å². The summed E-state index contributed by atoms with van der Waals surface area (Å²) in [5.74, 6) is -2.09. The zero-order chi connectivity index (χ0) is 28.9. The Kier molecular flexibility index (Phi) is 9.95. The van der Waals surface area contributed by atoms with Crippen LogP contribution in [0.25, 0.3) is 0 Å². The van der Waals surface area contributed by atoms with Gasteiger partial charge >= 0.3 is 0 Å². The van der Waals surface area contributed by atoms with Crippen molar-refractivity contribution in [2.45, 2.75) is 67.9 Å². The summed E-state index contributed by atoms with van der Waals surface area (Å²) in [6, 6.07) is 10.1. The van der Waals surface area contributed by atoms with Crippen LogP contribution >= 0.6 is 11.8 Å². The summed E-state index contributed by atoms with van der Waals surface area (Å²) in [6.45, 7) is 6.67. The maximum absolute atomic E-state index is 14.2. The first-order valence-corrected chi connectivity index (χ1v) is 15.2. The molecule has 9 nitrogen and oxygen atoms in total. The van der Waals surface area contributed by atoms with Crippen molar-refractivity contribution >= 4 is 27.6 Å². The number of aliphatic hydroxyl groups is 1. The molecule has 3 N–H and O–H groups in total. The Hall–Kier alpha value is -2.84. The lowest BCUT2D eigenvalue weighted by atomic mass is 10.0. The molecule has 13 heteroatoms.